The zero-order valence-electron chi connectivity index (χ0n) is 15.3. The van der Waals surface area contributed by atoms with Gasteiger partial charge in [0.05, 0.1) is 12.0 Å². The molecule has 0 aliphatic carbocycles. The third kappa shape index (κ3) is 4.87. The van der Waals surface area contributed by atoms with E-state index in [1.165, 1.54) is 12.1 Å². The Morgan fingerprint density at radius 3 is 2.22 bits per heavy atom. The van der Waals surface area contributed by atoms with Crippen LogP contribution in [0.3, 0.4) is 0 Å². The second-order valence-electron chi connectivity index (χ2n) is 6.55. The molecule has 1 aliphatic rings. The zero-order valence-corrected chi connectivity index (χ0v) is 16.2. The second kappa shape index (κ2) is 8.54. The number of methoxy groups -OCH3 is 1. The number of carbonyl (C=O) groups excluding carboxylic acids is 1. The number of nitrogens with one attached hydrogen (secondary N) is 1. The van der Waals surface area contributed by atoms with E-state index in [1.54, 1.807) is 31.4 Å². The number of benzene rings is 2. The number of amides is 1. The molecule has 0 radical (unpaired) electrons. The normalized spacial score (nSPS) is 14.8. The molecule has 144 valence electrons. The highest BCUT2D eigenvalue weighted by atomic mass is 32.2. The van der Waals surface area contributed by atoms with Crippen LogP contribution in [0.25, 0.3) is 0 Å². The van der Waals surface area contributed by atoms with Gasteiger partial charge in [-0.05, 0) is 61.2 Å². The summed E-state index contributed by atoms with van der Waals surface area (Å²) in [6, 6.07) is 13.3. The van der Waals surface area contributed by atoms with Crippen molar-refractivity contribution in [1.29, 1.82) is 0 Å². The summed E-state index contributed by atoms with van der Waals surface area (Å²) >= 11 is 0. The Morgan fingerprint density at radius 1 is 1.00 bits per heavy atom. The topological polar surface area (TPSA) is 75.7 Å². The van der Waals surface area contributed by atoms with E-state index < -0.39 is 10.0 Å². The molecule has 2 aromatic carbocycles. The summed E-state index contributed by atoms with van der Waals surface area (Å²) in [5.74, 6) is 0.681. The molecule has 0 atom stereocenters. The minimum Gasteiger partial charge on any atom is -0.497 e. The lowest BCUT2D eigenvalue weighted by Crippen LogP contribution is -2.35. The number of sulfonamides is 1. The Morgan fingerprint density at radius 2 is 1.63 bits per heavy atom. The van der Waals surface area contributed by atoms with E-state index in [2.05, 4.69) is 4.72 Å². The van der Waals surface area contributed by atoms with Gasteiger partial charge in [0.15, 0.2) is 0 Å². The van der Waals surface area contributed by atoms with Crippen molar-refractivity contribution in [1.82, 2.24) is 9.62 Å². The van der Waals surface area contributed by atoms with Gasteiger partial charge in [-0.2, -0.15) is 0 Å². The third-order valence-electron chi connectivity index (χ3n) is 4.68. The largest absolute Gasteiger partial charge is 0.497 e. The standard InChI is InChI=1S/C20H24N2O4S/c1-26-18-9-5-16(6-10-18)15-21-27(24,25)19-11-7-17(8-12-19)20(23)22-13-3-2-4-14-22/h5-12,21H,2-4,13-15H2,1H3. The number of carbonyl (C=O) groups is 1. The molecule has 0 unspecified atom stereocenters. The third-order valence-corrected chi connectivity index (χ3v) is 6.10. The zero-order chi connectivity index (χ0) is 19.3. The molecule has 1 amide bonds. The first-order valence-electron chi connectivity index (χ1n) is 9.01. The van der Waals surface area contributed by atoms with Gasteiger partial charge in [0, 0.05) is 25.2 Å². The van der Waals surface area contributed by atoms with Crippen LogP contribution in [0, 0.1) is 0 Å². The van der Waals surface area contributed by atoms with Gasteiger partial charge in [0.2, 0.25) is 10.0 Å². The lowest BCUT2D eigenvalue weighted by molar-refractivity contribution is 0.0724. The Hall–Kier alpha value is -2.38. The predicted molar refractivity (Wildman–Crippen MR) is 103 cm³/mol. The highest BCUT2D eigenvalue weighted by Crippen LogP contribution is 2.16. The van der Waals surface area contributed by atoms with Crippen molar-refractivity contribution in [3.63, 3.8) is 0 Å². The maximum absolute atomic E-state index is 12.5. The summed E-state index contributed by atoms with van der Waals surface area (Å²) in [4.78, 5) is 14.4. The molecule has 0 saturated carbocycles. The highest BCUT2D eigenvalue weighted by Gasteiger charge is 2.19. The maximum atomic E-state index is 12.5. The van der Waals surface area contributed by atoms with Crippen LogP contribution in [0.15, 0.2) is 53.4 Å². The average molecular weight is 388 g/mol. The summed E-state index contributed by atoms with van der Waals surface area (Å²) in [6.45, 7) is 1.71. The van der Waals surface area contributed by atoms with E-state index in [-0.39, 0.29) is 17.3 Å². The van der Waals surface area contributed by atoms with Crippen molar-refractivity contribution in [3.8, 4) is 5.75 Å². The molecule has 3 rings (SSSR count). The first-order chi connectivity index (χ1) is 13.0. The van der Waals surface area contributed by atoms with E-state index in [4.69, 9.17) is 4.74 Å². The Bertz CT molecular complexity index is 871. The van der Waals surface area contributed by atoms with E-state index in [1.807, 2.05) is 17.0 Å². The van der Waals surface area contributed by atoms with Crippen molar-refractivity contribution in [2.45, 2.75) is 30.7 Å². The van der Waals surface area contributed by atoms with Crippen molar-refractivity contribution < 1.29 is 17.9 Å². The van der Waals surface area contributed by atoms with Gasteiger partial charge in [-0.1, -0.05) is 12.1 Å². The monoisotopic (exact) mass is 388 g/mol. The van der Waals surface area contributed by atoms with Gasteiger partial charge in [0.1, 0.15) is 5.75 Å². The molecule has 0 aromatic heterocycles. The summed E-state index contributed by atoms with van der Waals surface area (Å²) in [5, 5.41) is 0. The summed E-state index contributed by atoms with van der Waals surface area (Å²) in [6.07, 6.45) is 3.20. The second-order valence-corrected chi connectivity index (χ2v) is 8.32. The van der Waals surface area contributed by atoms with Gasteiger partial charge in [-0.25, -0.2) is 13.1 Å². The number of ether oxygens (including phenoxy) is 1. The predicted octanol–water partition coefficient (Wildman–Crippen LogP) is 2.80. The molecule has 27 heavy (non-hydrogen) atoms. The highest BCUT2D eigenvalue weighted by molar-refractivity contribution is 7.89. The van der Waals surface area contributed by atoms with Gasteiger partial charge in [0.25, 0.3) is 5.91 Å². The van der Waals surface area contributed by atoms with Crippen LogP contribution in [0.2, 0.25) is 0 Å². The molecule has 2 aromatic rings. The van der Waals surface area contributed by atoms with Crippen molar-refractivity contribution >= 4 is 15.9 Å². The van der Waals surface area contributed by atoms with E-state index >= 15 is 0 Å². The van der Waals surface area contributed by atoms with Crippen LogP contribution in [0.5, 0.6) is 5.75 Å². The quantitative estimate of drug-likeness (QED) is 0.826. The SMILES string of the molecule is COc1ccc(CNS(=O)(=O)c2ccc(C(=O)N3CCCCC3)cc2)cc1. The smallest absolute Gasteiger partial charge is 0.253 e. The van der Waals surface area contributed by atoms with E-state index in [0.29, 0.717) is 5.56 Å². The molecule has 6 nitrogen and oxygen atoms in total. The van der Waals surface area contributed by atoms with Crippen LogP contribution in [-0.2, 0) is 16.6 Å². The minimum atomic E-state index is -3.65. The minimum absolute atomic E-state index is 0.0372. The molecule has 1 saturated heterocycles. The van der Waals surface area contributed by atoms with Crippen molar-refractivity contribution in [3.05, 3.63) is 59.7 Å². The number of piperidine rings is 1. The van der Waals surface area contributed by atoms with Crippen LogP contribution < -0.4 is 9.46 Å². The number of hydrogen-bond donors (Lipinski definition) is 1. The fraction of sp³-hybridized carbons (Fsp3) is 0.350. The fourth-order valence-electron chi connectivity index (χ4n) is 3.06. The maximum Gasteiger partial charge on any atom is 0.253 e. The van der Waals surface area contributed by atoms with Crippen LogP contribution in [0.1, 0.15) is 35.2 Å². The number of rotatable bonds is 6. The molecule has 7 heteroatoms. The van der Waals surface area contributed by atoms with Crippen LogP contribution in [-0.4, -0.2) is 39.4 Å². The van der Waals surface area contributed by atoms with Crippen molar-refractivity contribution in [2.24, 2.45) is 0 Å². The Labute approximate surface area is 160 Å². The molecule has 0 bridgehead atoms. The average Bonchev–Trinajstić information content (AvgIpc) is 2.73. The summed E-state index contributed by atoms with van der Waals surface area (Å²) < 4.78 is 32.6. The van der Waals surface area contributed by atoms with Gasteiger partial charge in [-0.15, -0.1) is 0 Å². The molecular formula is C20H24N2O4S. The van der Waals surface area contributed by atoms with Gasteiger partial charge in [-0.3, -0.25) is 4.79 Å². The molecule has 1 heterocycles. The molecule has 1 N–H and O–H groups in total. The van der Waals surface area contributed by atoms with Crippen LogP contribution in [0.4, 0.5) is 0 Å². The van der Waals surface area contributed by atoms with Crippen LogP contribution >= 0.6 is 0 Å². The van der Waals surface area contributed by atoms with Crippen molar-refractivity contribution in [2.75, 3.05) is 20.2 Å². The van der Waals surface area contributed by atoms with E-state index in [9.17, 15) is 13.2 Å². The lowest BCUT2D eigenvalue weighted by Gasteiger charge is -2.26. The molecule has 1 aliphatic heterocycles. The summed E-state index contributed by atoms with van der Waals surface area (Å²) in [7, 11) is -2.07. The first kappa shape index (κ1) is 19.4. The number of nitrogens with zero attached hydrogens (tertiary/aromatic N) is 1. The molecule has 0 spiro atoms. The Kier molecular flexibility index (Phi) is 6.13. The molecule has 1 fully saturated rings. The fourth-order valence-corrected chi connectivity index (χ4v) is 4.08. The van der Waals surface area contributed by atoms with E-state index in [0.717, 1.165) is 43.7 Å². The summed E-state index contributed by atoms with van der Waals surface area (Å²) in [5.41, 5.74) is 1.35. The number of likely N-dealkylation sites (tertiary alicyclic amines) is 1. The number of hydrogen-bond acceptors (Lipinski definition) is 4. The Balaban J connectivity index is 1.64. The first-order valence-corrected chi connectivity index (χ1v) is 10.5. The van der Waals surface area contributed by atoms with Gasteiger partial charge < -0.3 is 9.64 Å². The van der Waals surface area contributed by atoms with Gasteiger partial charge >= 0.3 is 0 Å². The lowest BCUT2D eigenvalue weighted by atomic mass is 10.1. The molecular weight excluding hydrogens is 364 g/mol.